The van der Waals surface area contributed by atoms with Crippen LogP contribution in [0.5, 0.6) is 0 Å². The Morgan fingerprint density at radius 3 is 2.53 bits per heavy atom. The molecule has 1 atom stereocenters. The lowest BCUT2D eigenvalue weighted by Gasteiger charge is -2.13. The van der Waals surface area contributed by atoms with E-state index < -0.39 is 11.5 Å². The van der Waals surface area contributed by atoms with Crippen molar-refractivity contribution >= 4 is 11.6 Å². The maximum absolute atomic E-state index is 12.9. The molecule has 0 aliphatic carbocycles. The number of aromatic amines is 1. The molecular formula is C23H25N3O4. The van der Waals surface area contributed by atoms with Crippen LogP contribution in [0.15, 0.2) is 50.4 Å². The summed E-state index contributed by atoms with van der Waals surface area (Å²) >= 11 is 0. The lowest BCUT2D eigenvalue weighted by atomic mass is 10.0. The molecule has 2 aromatic heterocycles. The van der Waals surface area contributed by atoms with Gasteiger partial charge >= 0.3 is 5.63 Å². The van der Waals surface area contributed by atoms with Crippen molar-refractivity contribution in [2.24, 2.45) is 0 Å². The highest BCUT2D eigenvalue weighted by Gasteiger charge is 2.20. The number of hydrogen-bond donors (Lipinski definition) is 2. The van der Waals surface area contributed by atoms with Crippen molar-refractivity contribution in [3.8, 4) is 11.3 Å². The number of H-pyrrole nitrogens is 1. The number of aryl methyl sites for hydroxylation is 2. The molecule has 0 aliphatic rings. The minimum atomic E-state index is -0.637. The smallest absolute Gasteiger partial charge is 0.349 e. The van der Waals surface area contributed by atoms with Crippen LogP contribution in [0, 0.1) is 13.8 Å². The van der Waals surface area contributed by atoms with Crippen LogP contribution in [-0.4, -0.2) is 16.1 Å². The third kappa shape index (κ3) is 4.56. The topological polar surface area (TPSA) is 105 Å². The Balaban J connectivity index is 1.91. The lowest BCUT2D eigenvalue weighted by molar-refractivity contribution is 0.102. The SMILES string of the molecule is CCCC(C)c1cc(C)c(C(=O)Nc2cc(-c3ccc(=O)[nH]n3)ccc2C)c(=O)o1. The number of amides is 1. The number of nitrogens with one attached hydrogen (secondary N) is 2. The van der Waals surface area contributed by atoms with Gasteiger partial charge in [0.2, 0.25) is 0 Å². The van der Waals surface area contributed by atoms with Crippen LogP contribution in [0.1, 0.15) is 59.9 Å². The summed E-state index contributed by atoms with van der Waals surface area (Å²) in [5, 5.41) is 9.21. The van der Waals surface area contributed by atoms with Crippen LogP contribution in [0.2, 0.25) is 0 Å². The molecule has 3 aromatic rings. The minimum absolute atomic E-state index is 0.00517. The van der Waals surface area contributed by atoms with E-state index in [9.17, 15) is 14.4 Å². The van der Waals surface area contributed by atoms with E-state index in [2.05, 4.69) is 22.4 Å². The maximum Gasteiger partial charge on any atom is 0.349 e. The summed E-state index contributed by atoms with van der Waals surface area (Å²) < 4.78 is 5.44. The highest BCUT2D eigenvalue weighted by atomic mass is 16.4. The number of anilines is 1. The Bertz CT molecular complexity index is 1170. The molecule has 30 heavy (non-hydrogen) atoms. The van der Waals surface area contributed by atoms with Crippen LogP contribution in [0.3, 0.4) is 0 Å². The average molecular weight is 407 g/mol. The van der Waals surface area contributed by atoms with E-state index >= 15 is 0 Å². The van der Waals surface area contributed by atoms with Crippen LogP contribution in [-0.2, 0) is 0 Å². The zero-order chi connectivity index (χ0) is 21.8. The molecule has 0 aliphatic heterocycles. The monoisotopic (exact) mass is 407 g/mol. The first kappa shape index (κ1) is 21.2. The molecule has 0 radical (unpaired) electrons. The molecule has 7 heteroatoms. The van der Waals surface area contributed by atoms with Gasteiger partial charge < -0.3 is 9.73 Å². The van der Waals surface area contributed by atoms with Crippen molar-refractivity contribution in [3.63, 3.8) is 0 Å². The number of carbonyl (C=O) groups is 1. The van der Waals surface area contributed by atoms with Crippen LogP contribution in [0.4, 0.5) is 5.69 Å². The lowest BCUT2D eigenvalue weighted by Crippen LogP contribution is -2.23. The zero-order valence-electron chi connectivity index (χ0n) is 17.5. The molecule has 1 amide bonds. The second-order valence-corrected chi connectivity index (χ2v) is 7.47. The predicted octanol–water partition coefficient (Wildman–Crippen LogP) is 4.16. The molecule has 0 fully saturated rings. The van der Waals surface area contributed by atoms with E-state index in [1.165, 1.54) is 6.07 Å². The van der Waals surface area contributed by atoms with Gasteiger partial charge in [-0.2, -0.15) is 5.10 Å². The highest BCUT2D eigenvalue weighted by Crippen LogP contribution is 2.25. The first-order chi connectivity index (χ1) is 14.3. The number of nitrogens with zero attached hydrogens (tertiary/aromatic N) is 1. The molecule has 0 bridgehead atoms. The Morgan fingerprint density at radius 2 is 1.90 bits per heavy atom. The fourth-order valence-electron chi connectivity index (χ4n) is 3.33. The summed E-state index contributed by atoms with van der Waals surface area (Å²) in [4.78, 5) is 36.6. The molecule has 2 N–H and O–H groups in total. The van der Waals surface area contributed by atoms with Crippen molar-refractivity contribution in [1.29, 1.82) is 0 Å². The number of carbonyl (C=O) groups excluding carboxylic acids is 1. The average Bonchev–Trinajstić information content (AvgIpc) is 2.70. The summed E-state index contributed by atoms with van der Waals surface area (Å²) in [6.07, 6.45) is 1.88. The number of hydrogen-bond acceptors (Lipinski definition) is 5. The van der Waals surface area contributed by atoms with E-state index in [1.54, 1.807) is 25.1 Å². The minimum Gasteiger partial charge on any atom is -0.427 e. The largest absolute Gasteiger partial charge is 0.427 e. The van der Waals surface area contributed by atoms with Gasteiger partial charge in [0.05, 0.1) is 5.69 Å². The van der Waals surface area contributed by atoms with Gasteiger partial charge in [-0.3, -0.25) is 9.59 Å². The van der Waals surface area contributed by atoms with Gasteiger partial charge in [-0.1, -0.05) is 32.4 Å². The van der Waals surface area contributed by atoms with Gasteiger partial charge in [-0.15, -0.1) is 0 Å². The first-order valence-electron chi connectivity index (χ1n) is 9.93. The van der Waals surface area contributed by atoms with Crippen molar-refractivity contribution in [3.05, 3.63) is 79.6 Å². The van der Waals surface area contributed by atoms with Gasteiger partial charge in [-0.25, -0.2) is 9.89 Å². The molecule has 1 aromatic carbocycles. The third-order valence-electron chi connectivity index (χ3n) is 5.06. The Kier molecular flexibility index (Phi) is 6.30. The molecule has 7 nitrogen and oxygen atoms in total. The van der Waals surface area contributed by atoms with Crippen molar-refractivity contribution < 1.29 is 9.21 Å². The molecule has 0 saturated carbocycles. The molecule has 1 unspecified atom stereocenters. The van der Waals surface area contributed by atoms with Gasteiger partial charge in [0, 0.05) is 23.2 Å². The van der Waals surface area contributed by atoms with E-state index in [-0.39, 0.29) is 17.0 Å². The van der Waals surface area contributed by atoms with Crippen molar-refractivity contribution in [2.45, 2.75) is 46.5 Å². The third-order valence-corrected chi connectivity index (χ3v) is 5.06. The van der Waals surface area contributed by atoms with Gasteiger partial charge in [0.1, 0.15) is 11.3 Å². The molecule has 2 heterocycles. The fourth-order valence-corrected chi connectivity index (χ4v) is 3.33. The van der Waals surface area contributed by atoms with E-state index in [4.69, 9.17) is 4.42 Å². The second kappa shape index (κ2) is 8.90. The fraction of sp³-hybridized carbons (Fsp3) is 0.304. The standard InChI is InChI=1S/C23H25N3O4/c1-5-6-14(3)19-11-15(4)21(23(29)30-19)22(28)24-18-12-16(8-7-13(18)2)17-9-10-20(27)26-25-17/h7-12,14H,5-6H2,1-4H3,(H,24,28)(H,26,27). The van der Waals surface area contributed by atoms with E-state index in [0.717, 1.165) is 24.0 Å². The maximum atomic E-state index is 12.9. The number of benzene rings is 1. The van der Waals surface area contributed by atoms with Gasteiger partial charge in [0.15, 0.2) is 0 Å². The molecule has 0 spiro atoms. The molecule has 156 valence electrons. The van der Waals surface area contributed by atoms with E-state index in [1.807, 2.05) is 26.0 Å². The van der Waals surface area contributed by atoms with Gasteiger partial charge in [0.25, 0.3) is 11.5 Å². The summed E-state index contributed by atoms with van der Waals surface area (Å²) in [5.74, 6) is 0.186. The molecule has 0 saturated heterocycles. The van der Waals surface area contributed by atoms with Crippen molar-refractivity contribution in [1.82, 2.24) is 10.2 Å². The highest BCUT2D eigenvalue weighted by molar-refractivity contribution is 6.05. The molecule has 3 rings (SSSR count). The Labute approximate surface area is 174 Å². The summed E-state index contributed by atoms with van der Waals surface area (Å²) in [5.41, 5.74) is 2.31. The van der Waals surface area contributed by atoms with E-state index in [0.29, 0.717) is 22.7 Å². The molecular weight excluding hydrogens is 382 g/mol. The van der Waals surface area contributed by atoms with Crippen molar-refractivity contribution in [2.75, 3.05) is 5.32 Å². The first-order valence-corrected chi connectivity index (χ1v) is 9.93. The van der Waals surface area contributed by atoms with Gasteiger partial charge in [-0.05, 0) is 49.6 Å². The van der Waals surface area contributed by atoms with Crippen LogP contribution >= 0.6 is 0 Å². The second-order valence-electron chi connectivity index (χ2n) is 7.47. The summed E-state index contributed by atoms with van der Waals surface area (Å²) in [6.45, 7) is 7.66. The summed E-state index contributed by atoms with van der Waals surface area (Å²) in [6, 6.07) is 10.2. The normalized spacial score (nSPS) is 11.9. The van der Waals surface area contributed by atoms with Crippen LogP contribution in [0.25, 0.3) is 11.3 Å². The zero-order valence-corrected chi connectivity index (χ0v) is 17.5. The quantitative estimate of drug-likeness (QED) is 0.638. The Morgan fingerprint density at radius 1 is 1.13 bits per heavy atom. The predicted molar refractivity (Wildman–Crippen MR) is 116 cm³/mol. The number of rotatable bonds is 6. The number of aromatic nitrogens is 2. The van der Waals surface area contributed by atoms with Crippen LogP contribution < -0.4 is 16.5 Å². The summed E-state index contributed by atoms with van der Waals surface area (Å²) in [7, 11) is 0. The Hall–Kier alpha value is -3.48.